The molecule has 1 heterocycles. The number of nitrogens with zero attached hydrogens (tertiary/aromatic N) is 1. The van der Waals surface area contributed by atoms with Crippen molar-refractivity contribution < 1.29 is 13.6 Å². The van der Waals surface area contributed by atoms with E-state index in [4.69, 9.17) is 0 Å². The number of rotatable bonds is 4. The summed E-state index contributed by atoms with van der Waals surface area (Å²) in [5.74, 6) is -1.15. The maximum Gasteiger partial charge on any atom is 0.221 e. The average molecular weight is 291 g/mol. The third-order valence-electron chi connectivity index (χ3n) is 2.88. The van der Waals surface area contributed by atoms with E-state index in [1.54, 1.807) is 6.92 Å². The van der Waals surface area contributed by atoms with Gasteiger partial charge in [-0.05, 0) is 36.8 Å². The lowest BCUT2D eigenvalue weighted by Gasteiger charge is -2.17. The standard InChI is InChI=1S/C15H15F2N3O/c1-9(11-5-12(16)8-18-7-11)19-15-6-13(20-10(2)21)3-4-14(15)17/h3-9,19H,1-2H3,(H,20,21). The van der Waals surface area contributed by atoms with Gasteiger partial charge in [0.15, 0.2) is 0 Å². The Morgan fingerprint density at radius 3 is 2.67 bits per heavy atom. The number of carbonyl (C=O) groups excluding carboxylic acids is 1. The van der Waals surface area contributed by atoms with Gasteiger partial charge in [-0.25, -0.2) is 8.78 Å². The van der Waals surface area contributed by atoms with Crippen LogP contribution >= 0.6 is 0 Å². The van der Waals surface area contributed by atoms with Gasteiger partial charge in [-0.15, -0.1) is 0 Å². The van der Waals surface area contributed by atoms with Crippen LogP contribution in [0.25, 0.3) is 0 Å². The summed E-state index contributed by atoms with van der Waals surface area (Å²) in [6.45, 7) is 3.14. The quantitative estimate of drug-likeness (QED) is 0.906. The Labute approximate surface area is 121 Å². The van der Waals surface area contributed by atoms with Crippen molar-refractivity contribution in [2.75, 3.05) is 10.6 Å². The van der Waals surface area contributed by atoms with E-state index in [0.29, 0.717) is 11.3 Å². The zero-order valence-corrected chi connectivity index (χ0v) is 11.7. The zero-order valence-electron chi connectivity index (χ0n) is 11.7. The normalized spacial score (nSPS) is 11.8. The Morgan fingerprint density at radius 2 is 2.00 bits per heavy atom. The number of benzene rings is 1. The van der Waals surface area contributed by atoms with Gasteiger partial charge in [0.05, 0.1) is 17.9 Å². The Balaban J connectivity index is 2.20. The number of aromatic nitrogens is 1. The van der Waals surface area contributed by atoms with E-state index in [0.717, 1.165) is 6.20 Å². The molecular formula is C15H15F2N3O. The zero-order chi connectivity index (χ0) is 15.4. The lowest BCUT2D eigenvalue weighted by molar-refractivity contribution is -0.114. The monoisotopic (exact) mass is 291 g/mol. The smallest absolute Gasteiger partial charge is 0.221 e. The highest BCUT2D eigenvalue weighted by atomic mass is 19.1. The molecule has 4 nitrogen and oxygen atoms in total. The lowest BCUT2D eigenvalue weighted by atomic mass is 10.1. The van der Waals surface area contributed by atoms with E-state index in [-0.39, 0.29) is 17.6 Å². The van der Waals surface area contributed by atoms with Crippen molar-refractivity contribution in [2.24, 2.45) is 0 Å². The topological polar surface area (TPSA) is 54.0 Å². The molecule has 0 aliphatic carbocycles. The molecule has 0 saturated carbocycles. The van der Waals surface area contributed by atoms with Gasteiger partial charge in [0, 0.05) is 18.8 Å². The van der Waals surface area contributed by atoms with Gasteiger partial charge in [-0.3, -0.25) is 9.78 Å². The maximum absolute atomic E-state index is 13.8. The number of hydrogen-bond acceptors (Lipinski definition) is 3. The van der Waals surface area contributed by atoms with Gasteiger partial charge >= 0.3 is 0 Å². The number of carbonyl (C=O) groups is 1. The lowest BCUT2D eigenvalue weighted by Crippen LogP contribution is -2.10. The van der Waals surface area contributed by atoms with Crippen LogP contribution in [-0.2, 0) is 4.79 Å². The van der Waals surface area contributed by atoms with Gasteiger partial charge in [0.2, 0.25) is 5.91 Å². The van der Waals surface area contributed by atoms with Crippen molar-refractivity contribution in [3.8, 4) is 0 Å². The SMILES string of the molecule is CC(=O)Nc1ccc(F)c(NC(C)c2cncc(F)c2)c1. The summed E-state index contributed by atoms with van der Waals surface area (Å²) in [5.41, 5.74) is 1.30. The van der Waals surface area contributed by atoms with Gasteiger partial charge in [0.25, 0.3) is 0 Å². The molecule has 2 aromatic rings. The van der Waals surface area contributed by atoms with Crippen LogP contribution in [0, 0.1) is 11.6 Å². The summed E-state index contributed by atoms with van der Waals surface area (Å²) in [4.78, 5) is 14.8. The van der Waals surface area contributed by atoms with Gasteiger partial charge in [-0.1, -0.05) is 0 Å². The first kappa shape index (κ1) is 14.9. The van der Waals surface area contributed by atoms with Crippen molar-refractivity contribution in [3.05, 3.63) is 53.9 Å². The number of nitrogens with one attached hydrogen (secondary N) is 2. The minimum absolute atomic E-state index is 0.220. The fourth-order valence-electron chi connectivity index (χ4n) is 1.90. The van der Waals surface area contributed by atoms with Gasteiger partial charge in [0.1, 0.15) is 11.6 Å². The Bertz CT molecular complexity index is 661. The largest absolute Gasteiger partial charge is 0.376 e. The molecule has 1 atom stereocenters. The second-order valence-corrected chi connectivity index (χ2v) is 4.68. The van der Waals surface area contributed by atoms with Crippen LogP contribution in [0.15, 0.2) is 36.7 Å². The number of halogens is 2. The molecule has 1 aromatic heterocycles. The third-order valence-corrected chi connectivity index (χ3v) is 2.88. The van der Waals surface area contributed by atoms with Crippen molar-refractivity contribution >= 4 is 17.3 Å². The van der Waals surface area contributed by atoms with Gasteiger partial charge in [-0.2, -0.15) is 0 Å². The minimum Gasteiger partial charge on any atom is -0.376 e. The van der Waals surface area contributed by atoms with Crippen LogP contribution in [0.1, 0.15) is 25.5 Å². The summed E-state index contributed by atoms with van der Waals surface area (Å²) in [7, 11) is 0. The van der Waals surface area contributed by atoms with Crippen molar-refractivity contribution in [2.45, 2.75) is 19.9 Å². The van der Waals surface area contributed by atoms with Crippen molar-refractivity contribution in [1.82, 2.24) is 4.98 Å². The highest BCUT2D eigenvalue weighted by molar-refractivity contribution is 5.89. The van der Waals surface area contributed by atoms with E-state index in [9.17, 15) is 13.6 Å². The van der Waals surface area contributed by atoms with Crippen molar-refractivity contribution in [3.63, 3.8) is 0 Å². The number of hydrogen-bond donors (Lipinski definition) is 2. The molecule has 6 heteroatoms. The van der Waals surface area contributed by atoms with Crippen LogP contribution in [0.4, 0.5) is 20.2 Å². The van der Waals surface area contributed by atoms with Crippen LogP contribution < -0.4 is 10.6 Å². The molecule has 21 heavy (non-hydrogen) atoms. The highest BCUT2D eigenvalue weighted by Crippen LogP contribution is 2.24. The summed E-state index contributed by atoms with van der Waals surface area (Å²) in [6.07, 6.45) is 2.62. The first-order chi connectivity index (χ1) is 9.95. The molecule has 0 spiro atoms. The van der Waals surface area contributed by atoms with Crippen molar-refractivity contribution in [1.29, 1.82) is 0 Å². The van der Waals surface area contributed by atoms with E-state index < -0.39 is 11.6 Å². The molecule has 0 radical (unpaired) electrons. The van der Waals surface area contributed by atoms with E-state index >= 15 is 0 Å². The number of amides is 1. The predicted molar refractivity (Wildman–Crippen MR) is 76.9 cm³/mol. The van der Waals surface area contributed by atoms with Gasteiger partial charge < -0.3 is 10.6 Å². The Morgan fingerprint density at radius 1 is 1.24 bits per heavy atom. The molecule has 2 rings (SSSR count). The fraction of sp³-hybridized carbons (Fsp3) is 0.200. The first-order valence-electron chi connectivity index (χ1n) is 6.40. The van der Waals surface area contributed by atoms with Crippen LogP contribution in [-0.4, -0.2) is 10.9 Å². The molecule has 2 N–H and O–H groups in total. The maximum atomic E-state index is 13.8. The molecule has 0 aliphatic rings. The van der Waals surface area contributed by atoms with Crippen LogP contribution in [0.5, 0.6) is 0 Å². The Hall–Kier alpha value is -2.50. The minimum atomic E-state index is -0.458. The summed E-state index contributed by atoms with van der Waals surface area (Å²) < 4.78 is 26.9. The summed E-state index contributed by atoms with van der Waals surface area (Å²) in [6, 6.07) is 5.20. The molecule has 0 saturated heterocycles. The molecule has 0 bridgehead atoms. The third kappa shape index (κ3) is 3.98. The molecule has 1 amide bonds. The number of anilines is 2. The molecule has 0 fully saturated rings. The predicted octanol–water partition coefficient (Wildman–Crippen LogP) is 3.49. The first-order valence-corrected chi connectivity index (χ1v) is 6.40. The second kappa shape index (κ2) is 6.30. The average Bonchev–Trinajstić information content (AvgIpc) is 2.42. The second-order valence-electron chi connectivity index (χ2n) is 4.68. The molecular weight excluding hydrogens is 276 g/mol. The summed E-state index contributed by atoms with van der Waals surface area (Å²) in [5, 5.41) is 5.51. The molecule has 0 aliphatic heterocycles. The number of pyridine rings is 1. The molecule has 110 valence electrons. The fourth-order valence-corrected chi connectivity index (χ4v) is 1.90. The van der Waals surface area contributed by atoms with E-state index in [1.807, 2.05) is 0 Å². The van der Waals surface area contributed by atoms with E-state index in [1.165, 1.54) is 37.4 Å². The van der Waals surface area contributed by atoms with Crippen LogP contribution in [0.2, 0.25) is 0 Å². The Kier molecular flexibility index (Phi) is 4.47. The molecule has 1 aromatic carbocycles. The molecule has 1 unspecified atom stereocenters. The van der Waals surface area contributed by atoms with Crippen LogP contribution in [0.3, 0.4) is 0 Å². The van der Waals surface area contributed by atoms with E-state index in [2.05, 4.69) is 15.6 Å². The summed E-state index contributed by atoms with van der Waals surface area (Å²) >= 11 is 0. The highest BCUT2D eigenvalue weighted by Gasteiger charge is 2.11.